The van der Waals surface area contributed by atoms with Crippen molar-refractivity contribution in [2.24, 2.45) is 5.41 Å². The average molecular weight is 445 g/mol. The van der Waals surface area contributed by atoms with Crippen molar-refractivity contribution in [3.8, 4) is 0 Å². The fraction of sp³-hybridized carbons (Fsp3) is 0.714. The van der Waals surface area contributed by atoms with Gasteiger partial charge in [-0.25, -0.2) is 4.79 Å². The van der Waals surface area contributed by atoms with E-state index >= 15 is 0 Å². The predicted molar refractivity (Wildman–Crippen MR) is 95.4 cm³/mol. The van der Waals surface area contributed by atoms with Gasteiger partial charge in [0.1, 0.15) is 6.61 Å². The lowest BCUT2D eigenvalue weighted by Crippen LogP contribution is -2.33. The van der Waals surface area contributed by atoms with Crippen molar-refractivity contribution >= 4 is 42.0 Å². The Hall–Kier alpha value is -0.320. The van der Waals surface area contributed by atoms with Gasteiger partial charge in [-0.05, 0) is 40.5 Å². The lowest BCUT2D eigenvalue weighted by atomic mass is 9.90. The number of esters is 1. The van der Waals surface area contributed by atoms with E-state index in [1.807, 2.05) is 13.8 Å². The number of carbonyl (C=O) groups is 2. The third kappa shape index (κ3) is 13.4. The third-order valence-corrected chi connectivity index (χ3v) is 3.97. The molecule has 8 heteroatoms. The molecule has 0 aliphatic rings. The van der Waals surface area contributed by atoms with Crippen molar-refractivity contribution in [3.63, 3.8) is 0 Å². The third-order valence-electron chi connectivity index (χ3n) is 2.32. The van der Waals surface area contributed by atoms with Gasteiger partial charge in [-0.3, -0.25) is 4.79 Å². The number of rotatable bonds is 10. The Kier molecular flexibility index (Phi) is 10.3. The first-order chi connectivity index (χ1) is 10.1. The van der Waals surface area contributed by atoms with Crippen LogP contribution in [0.5, 0.6) is 0 Å². The molecule has 0 rings (SSSR count). The summed E-state index contributed by atoms with van der Waals surface area (Å²) in [4.78, 5) is 23.1. The normalized spacial score (nSPS) is 12.5. The second kappa shape index (κ2) is 10.5. The molecule has 1 amide bonds. The molecule has 0 aromatic heterocycles. The summed E-state index contributed by atoms with van der Waals surface area (Å²) in [7, 11) is 1.55. The van der Waals surface area contributed by atoms with Crippen molar-refractivity contribution < 1.29 is 24.2 Å². The zero-order valence-electron chi connectivity index (χ0n) is 13.3. The van der Waals surface area contributed by atoms with E-state index in [1.54, 1.807) is 8.93 Å². The maximum atomic E-state index is 11.8. The Bertz CT molecular complexity index is 393. The van der Waals surface area contributed by atoms with Crippen LogP contribution in [0.15, 0.2) is 12.3 Å². The minimum absolute atomic E-state index is 0.202. The molecule has 0 aliphatic carbocycles. The lowest BCUT2D eigenvalue weighted by Gasteiger charge is -2.28. The first kappa shape index (κ1) is 21.7. The van der Waals surface area contributed by atoms with Crippen LogP contribution in [-0.2, 0) is 19.1 Å². The van der Waals surface area contributed by atoms with Gasteiger partial charge in [0.25, 0.3) is 0 Å². The molecule has 0 heterocycles. The first-order valence-electron chi connectivity index (χ1n) is 6.78. The molecular formula is C14H24INO5S. The highest BCUT2D eigenvalue weighted by atomic mass is 127. The maximum Gasteiger partial charge on any atom is 0.332 e. The lowest BCUT2D eigenvalue weighted by molar-refractivity contribution is -0.192. The predicted octanol–water partition coefficient (Wildman–Crippen LogP) is 2.40. The molecule has 0 saturated heterocycles. The van der Waals surface area contributed by atoms with Gasteiger partial charge in [0, 0.05) is 24.4 Å². The van der Waals surface area contributed by atoms with Gasteiger partial charge in [-0.1, -0.05) is 22.8 Å². The summed E-state index contributed by atoms with van der Waals surface area (Å²) in [5.41, 5.74) is -0.435. The number of aliphatic hydroxyl groups is 1. The summed E-state index contributed by atoms with van der Waals surface area (Å²) in [6.07, 6.45) is 2.65. The fourth-order valence-electron chi connectivity index (χ4n) is 1.33. The van der Waals surface area contributed by atoms with Crippen LogP contribution in [0.25, 0.3) is 0 Å². The highest BCUT2D eigenvalue weighted by molar-refractivity contribution is 14.2. The van der Waals surface area contributed by atoms with Gasteiger partial charge < -0.3 is 19.9 Å². The fourth-order valence-corrected chi connectivity index (χ4v) is 2.02. The number of amides is 1. The largest absolute Gasteiger partial charge is 0.462 e. The molecule has 128 valence electrons. The van der Waals surface area contributed by atoms with Crippen LogP contribution in [0.3, 0.4) is 0 Å². The number of carbonyl (C=O) groups excluding carboxylic acids is 2. The van der Waals surface area contributed by atoms with Crippen molar-refractivity contribution in [1.82, 2.24) is 5.32 Å². The van der Waals surface area contributed by atoms with Gasteiger partial charge in [0.05, 0.1) is 6.61 Å². The Morgan fingerprint density at radius 1 is 1.32 bits per heavy atom. The molecule has 0 unspecified atom stereocenters. The number of hydrogen-bond donors (Lipinski definition) is 2. The zero-order chi connectivity index (χ0) is 17.2. The molecular weight excluding hydrogens is 421 g/mol. The van der Waals surface area contributed by atoms with Crippen LogP contribution in [0.2, 0.25) is 0 Å². The summed E-state index contributed by atoms with van der Waals surface area (Å²) in [6.45, 7) is 7.37. The molecule has 0 fully saturated rings. The van der Waals surface area contributed by atoms with E-state index in [1.165, 1.54) is 26.1 Å². The molecule has 0 spiro atoms. The standard InChI is InChI=1S/C14H24INO5S/c1-13(2,10-21-14(3,4)19)9-11(17)16-6-5-12(18)20-7-8-22-15/h5-6,19H,7-10H2,1-4H3,(H,16,17)/b6-5+. The Morgan fingerprint density at radius 2 is 1.95 bits per heavy atom. The maximum absolute atomic E-state index is 11.8. The van der Waals surface area contributed by atoms with Gasteiger partial charge in [-0.15, -0.1) is 0 Å². The van der Waals surface area contributed by atoms with Crippen molar-refractivity contribution in [3.05, 3.63) is 12.3 Å². The second-order valence-corrected chi connectivity index (χ2v) is 8.45. The van der Waals surface area contributed by atoms with Crippen LogP contribution in [0.4, 0.5) is 0 Å². The van der Waals surface area contributed by atoms with E-state index in [0.717, 1.165) is 5.75 Å². The van der Waals surface area contributed by atoms with E-state index in [0.29, 0.717) is 6.61 Å². The van der Waals surface area contributed by atoms with E-state index in [2.05, 4.69) is 26.5 Å². The van der Waals surface area contributed by atoms with Crippen LogP contribution in [0, 0.1) is 5.41 Å². The van der Waals surface area contributed by atoms with Crippen molar-refractivity contribution in [2.45, 2.75) is 39.9 Å². The SMILES string of the molecule is CC(C)(COC(C)(C)O)CC(=O)N/C=C/C(=O)OCCSI. The minimum Gasteiger partial charge on any atom is -0.462 e. The van der Waals surface area contributed by atoms with E-state index in [-0.39, 0.29) is 18.9 Å². The number of hydrogen-bond acceptors (Lipinski definition) is 6. The quantitative estimate of drug-likeness (QED) is 0.177. The van der Waals surface area contributed by atoms with E-state index < -0.39 is 17.2 Å². The molecule has 2 N–H and O–H groups in total. The van der Waals surface area contributed by atoms with Crippen molar-refractivity contribution in [1.29, 1.82) is 0 Å². The molecule has 0 atom stereocenters. The summed E-state index contributed by atoms with van der Waals surface area (Å²) in [6, 6.07) is 0. The van der Waals surface area contributed by atoms with E-state index in [9.17, 15) is 14.7 Å². The molecule has 6 nitrogen and oxygen atoms in total. The van der Waals surface area contributed by atoms with Crippen LogP contribution in [-0.4, -0.2) is 41.7 Å². The average Bonchev–Trinajstić information content (AvgIpc) is 2.35. The number of ether oxygens (including phenoxy) is 2. The second-order valence-electron chi connectivity index (χ2n) is 5.96. The van der Waals surface area contributed by atoms with Gasteiger partial charge in [-0.2, -0.15) is 0 Å². The minimum atomic E-state index is -1.23. The zero-order valence-corrected chi connectivity index (χ0v) is 16.3. The Balaban J connectivity index is 4.09. The van der Waals surface area contributed by atoms with Crippen LogP contribution < -0.4 is 5.32 Å². The molecule has 0 bridgehead atoms. The number of nitrogens with one attached hydrogen (secondary N) is 1. The molecule has 0 aliphatic heterocycles. The molecule has 0 aromatic carbocycles. The first-order valence-corrected chi connectivity index (χ1v) is 10.3. The Morgan fingerprint density at radius 3 is 2.50 bits per heavy atom. The van der Waals surface area contributed by atoms with Crippen LogP contribution in [0.1, 0.15) is 34.1 Å². The van der Waals surface area contributed by atoms with Gasteiger partial charge in [0.15, 0.2) is 5.79 Å². The summed E-state index contributed by atoms with van der Waals surface area (Å²) in [5.74, 6) is -1.23. The van der Waals surface area contributed by atoms with Crippen LogP contribution >= 0.6 is 30.1 Å². The topological polar surface area (TPSA) is 84.9 Å². The number of halogens is 1. The highest BCUT2D eigenvalue weighted by Crippen LogP contribution is 2.22. The van der Waals surface area contributed by atoms with Gasteiger partial charge in [0.2, 0.25) is 5.91 Å². The van der Waals surface area contributed by atoms with Crippen molar-refractivity contribution in [2.75, 3.05) is 19.0 Å². The summed E-state index contributed by atoms with van der Waals surface area (Å²) < 4.78 is 10.2. The molecule has 22 heavy (non-hydrogen) atoms. The molecule has 0 aromatic rings. The molecule has 0 saturated carbocycles. The van der Waals surface area contributed by atoms with E-state index in [4.69, 9.17) is 9.47 Å². The Labute approximate surface area is 148 Å². The highest BCUT2D eigenvalue weighted by Gasteiger charge is 2.25. The van der Waals surface area contributed by atoms with Gasteiger partial charge >= 0.3 is 5.97 Å². The monoisotopic (exact) mass is 445 g/mol. The smallest absolute Gasteiger partial charge is 0.332 e. The summed E-state index contributed by atoms with van der Waals surface area (Å²) in [5, 5.41) is 12.0. The summed E-state index contributed by atoms with van der Waals surface area (Å²) >= 11 is 2.12. The molecule has 0 radical (unpaired) electrons.